The predicted octanol–water partition coefficient (Wildman–Crippen LogP) is 1.46. The van der Waals surface area contributed by atoms with E-state index in [0.717, 1.165) is 17.5 Å². The highest BCUT2D eigenvalue weighted by Gasteiger charge is 2.05. The topological polar surface area (TPSA) is 55.8 Å². The minimum atomic E-state index is 0.0337. The summed E-state index contributed by atoms with van der Waals surface area (Å²) in [4.78, 5) is 11.4. The molecule has 0 atom stereocenters. The molecule has 0 fully saturated rings. The van der Waals surface area contributed by atoms with Crippen LogP contribution in [-0.4, -0.2) is 43.9 Å². The van der Waals surface area contributed by atoms with Gasteiger partial charge in [-0.1, -0.05) is 24.3 Å². The number of carbonyl (C=O) groups is 1. The highest BCUT2D eigenvalue weighted by Crippen LogP contribution is 2.10. The van der Waals surface area contributed by atoms with Crippen LogP contribution in [0.2, 0.25) is 0 Å². The molecule has 4 nitrogen and oxygen atoms in total. The van der Waals surface area contributed by atoms with Crippen molar-refractivity contribution in [1.29, 1.82) is 0 Å². The van der Waals surface area contributed by atoms with Gasteiger partial charge in [0, 0.05) is 5.56 Å². The number of ether oxygens (including phenoxy) is 2. The Balaban J connectivity index is 2.25. The van der Waals surface area contributed by atoms with E-state index in [1.165, 1.54) is 0 Å². The van der Waals surface area contributed by atoms with Crippen molar-refractivity contribution in [2.45, 2.75) is 13.3 Å². The van der Waals surface area contributed by atoms with Crippen molar-refractivity contribution in [3.05, 3.63) is 35.4 Å². The second kappa shape index (κ2) is 8.80. The number of aliphatic hydroxyl groups excluding tert-OH is 1. The first kappa shape index (κ1) is 14.8. The lowest BCUT2D eigenvalue weighted by Crippen LogP contribution is -2.10. The second-order valence-electron chi connectivity index (χ2n) is 3.91. The Morgan fingerprint density at radius 2 is 1.78 bits per heavy atom. The monoisotopic (exact) mass is 252 g/mol. The Labute approximate surface area is 108 Å². The maximum Gasteiger partial charge on any atom is 0.160 e. The van der Waals surface area contributed by atoms with Crippen molar-refractivity contribution < 1.29 is 19.4 Å². The molecule has 100 valence electrons. The summed E-state index contributed by atoms with van der Waals surface area (Å²) in [6.07, 6.45) is 0.718. The summed E-state index contributed by atoms with van der Waals surface area (Å²) in [5, 5.41) is 8.50. The fourth-order valence-electron chi connectivity index (χ4n) is 1.65. The molecule has 0 aliphatic heterocycles. The van der Waals surface area contributed by atoms with Gasteiger partial charge >= 0.3 is 0 Å². The maximum absolute atomic E-state index is 11.4. The molecule has 0 unspecified atom stereocenters. The molecule has 1 aromatic rings. The predicted molar refractivity (Wildman–Crippen MR) is 68.9 cm³/mol. The molecule has 0 saturated carbocycles. The molecule has 0 bridgehead atoms. The van der Waals surface area contributed by atoms with E-state index in [9.17, 15) is 4.79 Å². The third-order valence-corrected chi connectivity index (χ3v) is 2.52. The molecular weight excluding hydrogens is 232 g/mol. The molecule has 4 heteroatoms. The van der Waals surface area contributed by atoms with Crippen LogP contribution in [0.1, 0.15) is 22.8 Å². The van der Waals surface area contributed by atoms with E-state index < -0.39 is 0 Å². The number of rotatable bonds is 9. The summed E-state index contributed by atoms with van der Waals surface area (Å²) < 4.78 is 10.5. The van der Waals surface area contributed by atoms with Gasteiger partial charge in [0.1, 0.15) is 0 Å². The number of aliphatic hydroxyl groups is 1. The number of carbonyl (C=O) groups excluding carboxylic acids is 1. The molecule has 0 spiro atoms. The smallest absolute Gasteiger partial charge is 0.160 e. The summed E-state index contributed by atoms with van der Waals surface area (Å²) >= 11 is 0. The first-order valence-corrected chi connectivity index (χ1v) is 6.11. The van der Waals surface area contributed by atoms with E-state index in [4.69, 9.17) is 14.6 Å². The zero-order chi connectivity index (χ0) is 13.2. The lowest BCUT2D eigenvalue weighted by atomic mass is 10.0. The summed E-state index contributed by atoms with van der Waals surface area (Å²) in [6.45, 7) is 3.49. The number of benzene rings is 1. The minimum absolute atomic E-state index is 0.0337. The number of Topliss-reactive ketones (excluding diaryl/α,β-unsaturated/α-hetero) is 1. The molecule has 0 radical (unpaired) electrons. The molecule has 0 amide bonds. The molecule has 1 rings (SSSR count). The van der Waals surface area contributed by atoms with E-state index >= 15 is 0 Å². The third kappa shape index (κ3) is 5.40. The van der Waals surface area contributed by atoms with Crippen LogP contribution in [0.25, 0.3) is 0 Å². The van der Waals surface area contributed by atoms with Gasteiger partial charge in [-0.15, -0.1) is 0 Å². The van der Waals surface area contributed by atoms with Gasteiger partial charge in [0.25, 0.3) is 0 Å². The van der Waals surface area contributed by atoms with Gasteiger partial charge in [-0.05, 0) is 18.9 Å². The van der Waals surface area contributed by atoms with E-state index in [0.29, 0.717) is 26.4 Å². The molecule has 0 aliphatic rings. The Morgan fingerprint density at radius 3 is 2.44 bits per heavy atom. The lowest BCUT2D eigenvalue weighted by Gasteiger charge is -2.07. The summed E-state index contributed by atoms with van der Waals surface area (Å²) in [5.74, 6) is 0.0804. The van der Waals surface area contributed by atoms with Gasteiger partial charge in [-0.25, -0.2) is 0 Å². The fraction of sp³-hybridized carbons (Fsp3) is 0.500. The summed E-state index contributed by atoms with van der Waals surface area (Å²) in [7, 11) is 0. The third-order valence-electron chi connectivity index (χ3n) is 2.52. The Morgan fingerprint density at radius 1 is 1.11 bits per heavy atom. The van der Waals surface area contributed by atoms with Crippen molar-refractivity contribution in [3.8, 4) is 0 Å². The van der Waals surface area contributed by atoms with Gasteiger partial charge < -0.3 is 14.6 Å². The van der Waals surface area contributed by atoms with Gasteiger partial charge in [-0.3, -0.25) is 4.79 Å². The molecule has 0 aromatic heterocycles. The van der Waals surface area contributed by atoms with E-state index in [-0.39, 0.29) is 12.4 Å². The fourth-order valence-corrected chi connectivity index (χ4v) is 1.65. The Kier molecular flexibility index (Phi) is 7.25. The average molecular weight is 252 g/mol. The van der Waals surface area contributed by atoms with Crippen LogP contribution in [0.4, 0.5) is 0 Å². The van der Waals surface area contributed by atoms with Crippen molar-refractivity contribution in [3.63, 3.8) is 0 Å². The highest BCUT2D eigenvalue weighted by atomic mass is 16.5. The van der Waals surface area contributed by atoms with Crippen LogP contribution in [-0.2, 0) is 15.9 Å². The van der Waals surface area contributed by atoms with E-state index in [1.54, 1.807) is 6.92 Å². The molecule has 1 aromatic carbocycles. The first-order valence-electron chi connectivity index (χ1n) is 6.11. The molecule has 0 aliphatic carbocycles. The van der Waals surface area contributed by atoms with Crippen LogP contribution >= 0.6 is 0 Å². The standard InChI is InChI=1S/C14H20O4/c1-12(16)14-5-3-2-4-13(14)6-8-17-10-11-18-9-7-15/h2-5,15H,6-11H2,1H3. The van der Waals surface area contributed by atoms with Gasteiger partial charge in [-0.2, -0.15) is 0 Å². The molecule has 0 heterocycles. The second-order valence-corrected chi connectivity index (χ2v) is 3.91. The van der Waals surface area contributed by atoms with Crippen molar-refractivity contribution in [2.75, 3.05) is 33.0 Å². The Hall–Kier alpha value is -1.23. The van der Waals surface area contributed by atoms with Crippen LogP contribution in [0.15, 0.2) is 24.3 Å². The van der Waals surface area contributed by atoms with Crippen molar-refractivity contribution in [2.24, 2.45) is 0 Å². The normalized spacial score (nSPS) is 10.6. The van der Waals surface area contributed by atoms with Crippen LogP contribution < -0.4 is 0 Å². The van der Waals surface area contributed by atoms with Gasteiger partial charge in [0.05, 0.1) is 33.0 Å². The van der Waals surface area contributed by atoms with E-state index in [1.807, 2.05) is 24.3 Å². The quantitative estimate of drug-likeness (QED) is 0.534. The summed E-state index contributed by atoms with van der Waals surface area (Å²) in [6, 6.07) is 7.57. The van der Waals surface area contributed by atoms with Crippen molar-refractivity contribution >= 4 is 5.78 Å². The lowest BCUT2D eigenvalue weighted by molar-refractivity contribution is 0.0340. The molecular formula is C14H20O4. The SMILES string of the molecule is CC(=O)c1ccccc1CCOCCOCCO. The molecule has 0 saturated heterocycles. The van der Waals surface area contributed by atoms with Crippen LogP contribution in [0.5, 0.6) is 0 Å². The number of hydrogen-bond donors (Lipinski definition) is 1. The number of ketones is 1. The Bertz CT molecular complexity index is 363. The average Bonchev–Trinajstić information content (AvgIpc) is 2.38. The maximum atomic E-state index is 11.4. The van der Waals surface area contributed by atoms with E-state index in [2.05, 4.69) is 0 Å². The van der Waals surface area contributed by atoms with Gasteiger partial charge in [0.15, 0.2) is 5.78 Å². The zero-order valence-electron chi connectivity index (χ0n) is 10.7. The minimum Gasteiger partial charge on any atom is -0.394 e. The summed E-state index contributed by atoms with van der Waals surface area (Å²) in [5.41, 5.74) is 1.78. The van der Waals surface area contributed by atoms with Gasteiger partial charge in [0.2, 0.25) is 0 Å². The van der Waals surface area contributed by atoms with Crippen molar-refractivity contribution in [1.82, 2.24) is 0 Å². The highest BCUT2D eigenvalue weighted by molar-refractivity contribution is 5.95. The zero-order valence-corrected chi connectivity index (χ0v) is 10.7. The molecule has 18 heavy (non-hydrogen) atoms. The first-order chi connectivity index (χ1) is 8.75. The number of hydrogen-bond acceptors (Lipinski definition) is 4. The van der Waals surface area contributed by atoms with Crippen LogP contribution in [0.3, 0.4) is 0 Å². The largest absolute Gasteiger partial charge is 0.394 e. The van der Waals surface area contributed by atoms with Crippen LogP contribution in [0, 0.1) is 0 Å². The molecule has 1 N–H and O–H groups in total.